The highest BCUT2D eigenvalue weighted by Crippen LogP contribution is 2.63. The molecular formula is C8HBrF18. The van der Waals surface area contributed by atoms with Crippen molar-refractivity contribution in [2.75, 3.05) is 0 Å². The van der Waals surface area contributed by atoms with Crippen LogP contribution >= 0.6 is 17.0 Å². The second-order valence-corrected chi connectivity index (χ2v) is 4.44. The molecule has 0 fully saturated rings. The Bertz CT molecular complexity index is 474. The van der Waals surface area contributed by atoms with Gasteiger partial charge in [0.2, 0.25) is 0 Å². The minimum Gasteiger partial charge on any atom is -0.192 e. The van der Waals surface area contributed by atoms with E-state index in [1.165, 1.54) is 0 Å². The van der Waals surface area contributed by atoms with Gasteiger partial charge < -0.3 is 0 Å². The van der Waals surface area contributed by atoms with Crippen LogP contribution in [0.5, 0.6) is 0 Å². The number of halogens is 19. The van der Waals surface area contributed by atoms with Gasteiger partial charge in [-0.05, 0) is 0 Å². The molecule has 0 N–H and O–H groups in total. The highest BCUT2D eigenvalue weighted by Gasteiger charge is 2.95. The van der Waals surface area contributed by atoms with Gasteiger partial charge in [0.1, 0.15) is 0 Å². The first-order valence-electron chi connectivity index (χ1n) is 5.15. The van der Waals surface area contributed by atoms with E-state index in [2.05, 4.69) is 0 Å². The van der Waals surface area contributed by atoms with Gasteiger partial charge in [0, 0.05) is 0 Å². The normalized spacial score (nSPS) is 16.2. The lowest BCUT2D eigenvalue weighted by atomic mass is 9.91. The molecule has 166 valence electrons. The quantitative estimate of drug-likeness (QED) is 0.364. The summed E-state index contributed by atoms with van der Waals surface area (Å²) in [5, 5.41) is 0. The van der Waals surface area contributed by atoms with E-state index >= 15 is 0 Å². The van der Waals surface area contributed by atoms with Crippen LogP contribution in [0.4, 0.5) is 79.0 Å². The third-order valence-corrected chi connectivity index (χ3v) is 2.68. The summed E-state index contributed by atoms with van der Waals surface area (Å²) >= 11 is 0. The largest absolute Gasteiger partial charge is 0.460 e. The van der Waals surface area contributed by atoms with Crippen molar-refractivity contribution in [1.29, 1.82) is 0 Å². The summed E-state index contributed by atoms with van der Waals surface area (Å²) in [5.74, 6) is -51.0. The van der Waals surface area contributed by atoms with Crippen LogP contribution in [0, 0.1) is 0 Å². The van der Waals surface area contributed by atoms with Crippen molar-refractivity contribution in [3.8, 4) is 0 Å². The molecule has 0 saturated carbocycles. The minimum atomic E-state index is -8.72. The van der Waals surface area contributed by atoms with Gasteiger partial charge in [-0.2, -0.15) is 79.0 Å². The lowest BCUT2D eigenvalue weighted by Gasteiger charge is -2.41. The summed E-state index contributed by atoms with van der Waals surface area (Å²) in [6.45, 7) is 0. The Hall–Kier alpha value is -0.780. The fourth-order valence-electron chi connectivity index (χ4n) is 1.14. The van der Waals surface area contributed by atoms with E-state index in [0.29, 0.717) is 0 Å². The van der Waals surface area contributed by atoms with Crippen molar-refractivity contribution in [1.82, 2.24) is 0 Å². The third-order valence-electron chi connectivity index (χ3n) is 2.68. The summed E-state index contributed by atoms with van der Waals surface area (Å²) in [6.07, 6.45) is -15.6. The molecule has 0 aliphatic rings. The van der Waals surface area contributed by atoms with Crippen LogP contribution in [0.15, 0.2) is 0 Å². The average molecular weight is 519 g/mol. The van der Waals surface area contributed by atoms with Gasteiger partial charge in [-0.25, -0.2) is 0 Å². The van der Waals surface area contributed by atoms with Crippen LogP contribution in [0.1, 0.15) is 0 Å². The Morgan fingerprint density at radius 2 is 0.333 bits per heavy atom. The Morgan fingerprint density at radius 1 is 0.222 bits per heavy atom. The van der Waals surface area contributed by atoms with Gasteiger partial charge in [0.25, 0.3) is 0 Å². The highest BCUT2D eigenvalue weighted by molar-refractivity contribution is 8.93. The maximum absolute atomic E-state index is 12.8. The number of rotatable bonds is 5. The molecule has 0 radical (unpaired) electrons. The van der Waals surface area contributed by atoms with E-state index in [-0.39, 0.29) is 17.0 Å². The summed E-state index contributed by atoms with van der Waals surface area (Å²) in [5.41, 5.74) is 0. The van der Waals surface area contributed by atoms with Gasteiger partial charge >= 0.3 is 47.9 Å². The molecule has 19 heteroatoms. The molecule has 0 saturated heterocycles. The first-order chi connectivity index (χ1) is 10.8. The third kappa shape index (κ3) is 3.51. The molecule has 0 aliphatic heterocycles. The predicted octanol–water partition coefficient (Wildman–Crippen LogP) is 6.50. The number of alkyl halides is 18. The molecule has 0 nitrogen and oxygen atoms in total. The molecule has 0 aromatic heterocycles. The summed E-state index contributed by atoms with van der Waals surface area (Å²) < 4.78 is 221. The topological polar surface area (TPSA) is 0 Å². The van der Waals surface area contributed by atoms with Crippen molar-refractivity contribution >= 4 is 17.0 Å². The van der Waals surface area contributed by atoms with E-state index in [0.717, 1.165) is 0 Å². The van der Waals surface area contributed by atoms with E-state index < -0.39 is 47.9 Å². The summed E-state index contributed by atoms with van der Waals surface area (Å²) in [6, 6.07) is 0. The van der Waals surface area contributed by atoms with Crippen molar-refractivity contribution in [3.05, 3.63) is 0 Å². The molecule has 0 amide bonds. The maximum atomic E-state index is 12.8. The van der Waals surface area contributed by atoms with E-state index in [4.69, 9.17) is 0 Å². The Morgan fingerprint density at radius 3 is 0.444 bits per heavy atom. The molecule has 27 heavy (non-hydrogen) atoms. The lowest BCUT2D eigenvalue weighted by Crippen LogP contribution is -2.74. The van der Waals surface area contributed by atoms with Crippen LogP contribution in [-0.4, -0.2) is 47.9 Å². The fraction of sp³-hybridized carbons (Fsp3) is 1.00. The zero-order valence-electron chi connectivity index (χ0n) is 11.2. The standard InChI is InChI=1S/C8F18.BrH/c9-1(10,3(13,14)5(17,18)7(21,22)23)2(11,12)4(15,16)6(19,20)8(24,25)26;/h;1H. The second-order valence-electron chi connectivity index (χ2n) is 4.44. The zero-order valence-corrected chi connectivity index (χ0v) is 12.9. The molecule has 0 spiro atoms. The molecule has 0 aromatic rings. The van der Waals surface area contributed by atoms with Crippen LogP contribution in [0.3, 0.4) is 0 Å². The average Bonchev–Trinajstić information content (AvgIpc) is 2.34. The van der Waals surface area contributed by atoms with E-state index in [1.807, 2.05) is 0 Å². The fourth-order valence-corrected chi connectivity index (χ4v) is 1.14. The maximum Gasteiger partial charge on any atom is 0.460 e. The smallest absolute Gasteiger partial charge is 0.192 e. The molecule has 0 unspecified atom stereocenters. The Balaban J connectivity index is 0. The summed E-state index contributed by atoms with van der Waals surface area (Å²) in [4.78, 5) is 0. The predicted molar refractivity (Wildman–Crippen MR) is 52.1 cm³/mol. The zero-order chi connectivity index (χ0) is 22.0. The molecule has 0 atom stereocenters. The molecule has 0 aliphatic carbocycles. The summed E-state index contributed by atoms with van der Waals surface area (Å²) in [7, 11) is 0. The van der Waals surface area contributed by atoms with E-state index in [9.17, 15) is 79.0 Å². The number of hydrogen-bond acceptors (Lipinski definition) is 0. The Labute approximate surface area is 145 Å². The number of hydrogen-bond donors (Lipinski definition) is 0. The van der Waals surface area contributed by atoms with Gasteiger partial charge in [0.05, 0.1) is 0 Å². The van der Waals surface area contributed by atoms with Gasteiger partial charge in [-0.3, -0.25) is 0 Å². The van der Waals surface area contributed by atoms with Crippen molar-refractivity contribution < 1.29 is 79.0 Å². The molecule has 0 rings (SSSR count). The Kier molecular flexibility index (Phi) is 6.99. The molecular weight excluding hydrogens is 518 g/mol. The monoisotopic (exact) mass is 518 g/mol. The highest BCUT2D eigenvalue weighted by atomic mass is 79.9. The van der Waals surface area contributed by atoms with Gasteiger partial charge in [0.15, 0.2) is 0 Å². The second kappa shape index (κ2) is 6.64. The molecule has 0 heterocycles. The van der Waals surface area contributed by atoms with Crippen molar-refractivity contribution in [3.63, 3.8) is 0 Å². The SMILES string of the molecule is Br.FC(F)(F)C(F)(F)C(F)(F)C(F)(F)C(F)(F)C(F)(F)C(F)(F)C(F)(F)F. The van der Waals surface area contributed by atoms with Crippen LogP contribution in [0.25, 0.3) is 0 Å². The first-order valence-corrected chi connectivity index (χ1v) is 5.15. The van der Waals surface area contributed by atoms with E-state index in [1.54, 1.807) is 0 Å². The van der Waals surface area contributed by atoms with Crippen LogP contribution in [0.2, 0.25) is 0 Å². The van der Waals surface area contributed by atoms with Gasteiger partial charge in [-0.15, -0.1) is 17.0 Å². The first kappa shape index (κ1) is 28.4. The van der Waals surface area contributed by atoms with Crippen molar-refractivity contribution in [2.24, 2.45) is 0 Å². The lowest BCUT2D eigenvalue weighted by molar-refractivity contribution is -0.468. The van der Waals surface area contributed by atoms with Gasteiger partial charge in [-0.1, -0.05) is 0 Å². The minimum absolute atomic E-state index is 0. The molecule has 0 aromatic carbocycles. The van der Waals surface area contributed by atoms with Crippen LogP contribution in [-0.2, 0) is 0 Å². The van der Waals surface area contributed by atoms with Crippen LogP contribution < -0.4 is 0 Å². The molecule has 0 bridgehead atoms. The van der Waals surface area contributed by atoms with Crippen molar-refractivity contribution in [2.45, 2.75) is 47.9 Å².